The molecule has 1 N–H and O–H groups in total. The largest absolute Gasteiger partial charge is 0.416 e. The fourth-order valence-electron chi connectivity index (χ4n) is 2.51. The first kappa shape index (κ1) is 18.2. The quantitative estimate of drug-likeness (QED) is 0.750. The Bertz CT molecular complexity index is 825. The summed E-state index contributed by atoms with van der Waals surface area (Å²) in [6, 6.07) is 8.29. The van der Waals surface area contributed by atoms with Gasteiger partial charge in [0.15, 0.2) is 5.84 Å². The second kappa shape index (κ2) is 6.31. The molecule has 26 heavy (non-hydrogen) atoms. The number of aryl methyl sites for hydroxylation is 1. The van der Waals surface area contributed by atoms with Gasteiger partial charge >= 0.3 is 12.4 Å². The summed E-state index contributed by atoms with van der Waals surface area (Å²) in [4.78, 5) is 9.19. The molecule has 1 unspecified atom stereocenters. The van der Waals surface area contributed by atoms with E-state index in [-0.39, 0.29) is 17.5 Å². The molecule has 0 amide bonds. The van der Waals surface area contributed by atoms with Crippen molar-refractivity contribution in [3.8, 4) is 0 Å². The van der Waals surface area contributed by atoms with Crippen molar-refractivity contribution < 1.29 is 31.2 Å². The van der Waals surface area contributed by atoms with Gasteiger partial charge < -0.3 is 0 Å². The first-order valence-corrected chi connectivity index (χ1v) is 7.40. The zero-order valence-electron chi connectivity index (χ0n) is 13.2. The van der Waals surface area contributed by atoms with Crippen LogP contribution in [0.2, 0.25) is 0 Å². The summed E-state index contributed by atoms with van der Waals surface area (Å²) in [5.74, 6) is 0.235. The average molecular weight is 374 g/mol. The Hall–Kier alpha value is -2.55. The summed E-state index contributed by atoms with van der Waals surface area (Å²) >= 11 is 0. The van der Waals surface area contributed by atoms with Crippen LogP contribution in [0.15, 0.2) is 47.5 Å². The predicted molar refractivity (Wildman–Crippen MR) is 81.1 cm³/mol. The Morgan fingerprint density at radius 1 is 0.923 bits per heavy atom. The van der Waals surface area contributed by atoms with Crippen molar-refractivity contribution >= 4 is 5.84 Å². The monoisotopic (exact) mass is 374 g/mol. The summed E-state index contributed by atoms with van der Waals surface area (Å²) in [5.41, 5.74) is 0.758. The Kier molecular flexibility index (Phi) is 4.43. The molecule has 1 aliphatic rings. The highest BCUT2D eigenvalue weighted by atomic mass is 19.4. The lowest BCUT2D eigenvalue weighted by Gasteiger charge is -2.15. The molecular formula is C17H12F6N2O. The van der Waals surface area contributed by atoms with Crippen LogP contribution in [0.25, 0.3) is 0 Å². The molecule has 2 aromatic carbocycles. The molecular weight excluding hydrogens is 362 g/mol. The molecule has 3 nitrogen and oxygen atoms in total. The SMILES string of the molecule is Cc1ccccc1C1=NC(c2cc(C(F)(F)F)cc(C(F)(F)F)c2)ON1. The third-order valence-electron chi connectivity index (χ3n) is 3.81. The molecule has 1 atom stereocenters. The summed E-state index contributed by atoms with van der Waals surface area (Å²) in [6.07, 6.45) is -11.2. The molecule has 0 aliphatic carbocycles. The maximum absolute atomic E-state index is 13.0. The zero-order chi connectivity index (χ0) is 19.1. The lowest BCUT2D eigenvalue weighted by Crippen LogP contribution is -2.19. The van der Waals surface area contributed by atoms with Crippen LogP contribution in [-0.2, 0) is 17.2 Å². The van der Waals surface area contributed by atoms with E-state index in [2.05, 4.69) is 10.5 Å². The zero-order valence-corrected chi connectivity index (χ0v) is 13.2. The molecule has 138 valence electrons. The van der Waals surface area contributed by atoms with E-state index in [4.69, 9.17) is 4.84 Å². The minimum absolute atomic E-state index is 0.0673. The van der Waals surface area contributed by atoms with Gasteiger partial charge in [0.2, 0.25) is 6.23 Å². The molecule has 0 aromatic heterocycles. The highest BCUT2D eigenvalue weighted by molar-refractivity contribution is 6.00. The number of rotatable bonds is 2. The first-order chi connectivity index (χ1) is 12.1. The molecule has 1 aliphatic heterocycles. The van der Waals surface area contributed by atoms with Gasteiger partial charge in [-0.2, -0.15) is 26.3 Å². The van der Waals surface area contributed by atoms with E-state index in [1.165, 1.54) is 0 Å². The normalized spacial score (nSPS) is 17.8. The van der Waals surface area contributed by atoms with Gasteiger partial charge in [-0.3, -0.25) is 0 Å². The summed E-state index contributed by atoms with van der Waals surface area (Å²) in [6.45, 7) is 1.79. The van der Waals surface area contributed by atoms with Crippen molar-refractivity contribution in [3.05, 3.63) is 70.3 Å². The van der Waals surface area contributed by atoms with Crippen LogP contribution in [0.1, 0.15) is 34.0 Å². The summed E-state index contributed by atoms with van der Waals surface area (Å²) in [7, 11) is 0. The van der Waals surface area contributed by atoms with E-state index in [0.29, 0.717) is 17.7 Å². The van der Waals surface area contributed by atoms with Gasteiger partial charge in [-0.05, 0) is 30.7 Å². The van der Waals surface area contributed by atoms with E-state index in [1.807, 2.05) is 0 Å². The average Bonchev–Trinajstić information content (AvgIpc) is 3.03. The Morgan fingerprint density at radius 2 is 1.50 bits per heavy atom. The first-order valence-electron chi connectivity index (χ1n) is 7.40. The molecule has 2 aromatic rings. The van der Waals surface area contributed by atoms with Crippen LogP contribution in [0, 0.1) is 6.92 Å². The smallest absolute Gasteiger partial charge is 0.246 e. The summed E-state index contributed by atoms with van der Waals surface area (Å²) < 4.78 is 77.7. The van der Waals surface area contributed by atoms with Gasteiger partial charge in [-0.15, -0.1) is 0 Å². The second-order valence-electron chi connectivity index (χ2n) is 5.70. The van der Waals surface area contributed by atoms with Crippen molar-refractivity contribution in [1.29, 1.82) is 0 Å². The van der Waals surface area contributed by atoms with Crippen LogP contribution in [0.3, 0.4) is 0 Å². The highest BCUT2D eigenvalue weighted by Gasteiger charge is 2.38. The van der Waals surface area contributed by atoms with Gasteiger partial charge in [-0.1, -0.05) is 24.3 Å². The van der Waals surface area contributed by atoms with Crippen molar-refractivity contribution in [2.24, 2.45) is 4.99 Å². The van der Waals surface area contributed by atoms with E-state index in [9.17, 15) is 26.3 Å². The number of halogens is 6. The van der Waals surface area contributed by atoms with Crippen molar-refractivity contribution in [3.63, 3.8) is 0 Å². The maximum atomic E-state index is 13.0. The van der Waals surface area contributed by atoms with Gasteiger partial charge in [0, 0.05) is 11.1 Å². The number of hydrogen-bond acceptors (Lipinski definition) is 3. The molecule has 0 bridgehead atoms. The molecule has 0 saturated carbocycles. The number of aliphatic imine (C=N–C) groups is 1. The molecule has 0 saturated heterocycles. The minimum atomic E-state index is -4.93. The van der Waals surface area contributed by atoms with Crippen LogP contribution in [0.5, 0.6) is 0 Å². The minimum Gasteiger partial charge on any atom is -0.246 e. The fraction of sp³-hybridized carbons (Fsp3) is 0.235. The molecule has 0 spiro atoms. The van der Waals surface area contributed by atoms with E-state index in [0.717, 1.165) is 5.56 Å². The van der Waals surface area contributed by atoms with E-state index >= 15 is 0 Å². The number of alkyl halides is 6. The standard InChI is InChI=1S/C17H12F6N2O/c1-9-4-2-3-5-13(9)14-24-15(26-25-14)10-6-11(16(18,19)20)8-12(7-10)17(21,22)23/h2-8,15H,1H3,(H,24,25). The van der Waals surface area contributed by atoms with Crippen molar-refractivity contribution in [2.45, 2.75) is 25.5 Å². The fourth-order valence-corrected chi connectivity index (χ4v) is 2.51. The van der Waals surface area contributed by atoms with Crippen LogP contribution in [-0.4, -0.2) is 5.84 Å². The van der Waals surface area contributed by atoms with Gasteiger partial charge in [0.05, 0.1) is 11.1 Å². The predicted octanol–water partition coefficient (Wildman–Crippen LogP) is 5.01. The topological polar surface area (TPSA) is 33.6 Å². The third-order valence-corrected chi connectivity index (χ3v) is 3.81. The Labute approximate surface area is 144 Å². The van der Waals surface area contributed by atoms with E-state index in [1.54, 1.807) is 31.2 Å². The highest BCUT2D eigenvalue weighted by Crippen LogP contribution is 2.38. The van der Waals surface area contributed by atoms with Gasteiger partial charge in [0.25, 0.3) is 0 Å². The number of amidine groups is 1. The molecule has 1 heterocycles. The summed E-state index contributed by atoms with van der Waals surface area (Å²) in [5, 5.41) is 0. The van der Waals surface area contributed by atoms with Crippen molar-refractivity contribution in [1.82, 2.24) is 5.48 Å². The molecule has 0 radical (unpaired) electrons. The number of nitrogens with one attached hydrogen (secondary N) is 1. The molecule has 0 fully saturated rings. The van der Waals surface area contributed by atoms with Gasteiger partial charge in [0.1, 0.15) is 0 Å². The Balaban J connectivity index is 2.03. The number of nitrogens with zero attached hydrogens (tertiary/aromatic N) is 1. The van der Waals surface area contributed by atoms with Gasteiger partial charge in [-0.25, -0.2) is 15.3 Å². The number of hydrogen-bond donors (Lipinski definition) is 1. The van der Waals surface area contributed by atoms with Crippen LogP contribution in [0.4, 0.5) is 26.3 Å². The number of benzene rings is 2. The molecule has 3 rings (SSSR count). The van der Waals surface area contributed by atoms with Crippen molar-refractivity contribution in [2.75, 3.05) is 0 Å². The lowest BCUT2D eigenvalue weighted by atomic mass is 10.0. The number of hydroxylamine groups is 1. The third kappa shape index (κ3) is 3.67. The Morgan fingerprint density at radius 3 is 2.04 bits per heavy atom. The van der Waals surface area contributed by atoms with E-state index < -0.39 is 29.7 Å². The van der Waals surface area contributed by atoms with Crippen LogP contribution < -0.4 is 5.48 Å². The second-order valence-corrected chi connectivity index (χ2v) is 5.70. The lowest BCUT2D eigenvalue weighted by molar-refractivity contribution is -0.143. The molecule has 9 heteroatoms. The van der Waals surface area contributed by atoms with Crippen LogP contribution >= 0.6 is 0 Å². The maximum Gasteiger partial charge on any atom is 0.416 e.